The van der Waals surface area contributed by atoms with Crippen LogP contribution in [0.25, 0.3) is 0 Å². The molecule has 54 heavy (non-hydrogen) atoms. The number of phenols is 1. The number of anilines is 2. The summed E-state index contributed by atoms with van der Waals surface area (Å²) >= 11 is 0. The van der Waals surface area contributed by atoms with Crippen molar-refractivity contribution in [2.75, 3.05) is 50.2 Å². The molecule has 0 aromatic heterocycles. The van der Waals surface area contributed by atoms with Gasteiger partial charge in [-0.2, -0.15) is 0 Å². The van der Waals surface area contributed by atoms with Crippen molar-refractivity contribution in [3.05, 3.63) is 138 Å². The maximum absolute atomic E-state index is 13.4. The number of nitrogens with zero attached hydrogens (tertiary/aromatic N) is 2. The van der Waals surface area contributed by atoms with Crippen molar-refractivity contribution in [1.82, 2.24) is 16.0 Å². The summed E-state index contributed by atoms with van der Waals surface area (Å²) < 4.78 is 24.5. The van der Waals surface area contributed by atoms with Gasteiger partial charge in [0.15, 0.2) is 0 Å². The standard InChI is InChI=1S/C38H42FN7O5.C3H8/c1-27(40-19-21-50-23-24-51-22-20-41-36(48)30-8-4-3-5-9-30)44-38(46-34-15-17-35(47)18-16-34)45-28(2)43-33-13-11-31(12-14-33)37(49)42-26-29-7-6-10-32(39)25-29;1-3-2/h3-18,25,43,47H,2,19-24,26H2,1H3,(H,41,48)(H,42,49)(H2,40,44,45,46);3H2,1-2H3. The largest absolute Gasteiger partial charge is 0.508 e. The summed E-state index contributed by atoms with van der Waals surface area (Å²) in [4.78, 5) is 33.6. The third-order valence-electron chi connectivity index (χ3n) is 6.97. The van der Waals surface area contributed by atoms with Gasteiger partial charge in [-0.3, -0.25) is 14.6 Å². The van der Waals surface area contributed by atoms with Crippen LogP contribution in [0.2, 0.25) is 0 Å². The molecule has 0 saturated carbocycles. The molecule has 0 spiro atoms. The Kier molecular flexibility index (Phi) is 19.0. The average Bonchev–Trinajstić information content (AvgIpc) is 3.16. The number of amidine groups is 1. The number of aromatic hydroxyl groups is 1. The molecule has 0 radical (unpaired) electrons. The van der Waals surface area contributed by atoms with Gasteiger partial charge in [-0.1, -0.05) is 57.2 Å². The molecule has 0 bridgehead atoms. The van der Waals surface area contributed by atoms with Gasteiger partial charge in [0.05, 0.1) is 33.0 Å². The van der Waals surface area contributed by atoms with E-state index in [2.05, 4.69) is 57.0 Å². The minimum atomic E-state index is -0.358. The highest BCUT2D eigenvalue weighted by atomic mass is 19.1. The Morgan fingerprint density at radius 2 is 1.37 bits per heavy atom. The van der Waals surface area contributed by atoms with Gasteiger partial charge >= 0.3 is 0 Å². The number of ether oxygens (including phenoxy) is 2. The Morgan fingerprint density at radius 3 is 2.06 bits per heavy atom. The van der Waals surface area contributed by atoms with Crippen LogP contribution in [-0.4, -0.2) is 68.2 Å². The van der Waals surface area contributed by atoms with E-state index in [0.29, 0.717) is 85.2 Å². The van der Waals surface area contributed by atoms with Crippen LogP contribution in [0.1, 0.15) is 53.5 Å². The van der Waals surface area contributed by atoms with Gasteiger partial charge in [0.25, 0.3) is 11.8 Å². The van der Waals surface area contributed by atoms with E-state index in [-0.39, 0.29) is 29.9 Å². The van der Waals surface area contributed by atoms with Crippen molar-refractivity contribution in [3.63, 3.8) is 0 Å². The predicted octanol–water partition coefficient (Wildman–Crippen LogP) is 6.70. The second-order valence-electron chi connectivity index (χ2n) is 11.7. The molecule has 0 atom stereocenters. The molecule has 0 aliphatic rings. The van der Waals surface area contributed by atoms with Gasteiger partial charge in [-0.15, -0.1) is 0 Å². The predicted molar refractivity (Wildman–Crippen MR) is 213 cm³/mol. The first-order chi connectivity index (χ1) is 26.2. The van der Waals surface area contributed by atoms with Crippen LogP contribution in [0, 0.1) is 5.82 Å². The number of hydrogen-bond acceptors (Lipinski definition) is 7. The third-order valence-corrected chi connectivity index (χ3v) is 6.97. The molecular weight excluding hydrogens is 689 g/mol. The zero-order chi connectivity index (χ0) is 39.0. The molecule has 2 amide bonds. The van der Waals surface area contributed by atoms with E-state index in [0.717, 1.165) is 0 Å². The van der Waals surface area contributed by atoms with Gasteiger partial charge < -0.3 is 41.2 Å². The molecule has 4 aromatic carbocycles. The Hall–Kier alpha value is -6.05. The van der Waals surface area contributed by atoms with Crippen LogP contribution in [0.15, 0.2) is 126 Å². The van der Waals surface area contributed by atoms with E-state index < -0.39 is 0 Å². The number of halogens is 1. The fraction of sp³-hybridized carbons (Fsp3) is 0.268. The number of aliphatic imine (C=N–C) groups is 2. The molecule has 0 aliphatic carbocycles. The maximum Gasteiger partial charge on any atom is 0.251 e. The first-order valence-electron chi connectivity index (χ1n) is 17.7. The molecule has 4 rings (SSSR count). The highest BCUT2D eigenvalue weighted by Crippen LogP contribution is 2.15. The van der Waals surface area contributed by atoms with Crippen molar-refractivity contribution in [2.24, 2.45) is 9.98 Å². The number of benzene rings is 4. The molecule has 0 aliphatic heterocycles. The lowest BCUT2D eigenvalue weighted by molar-refractivity contribution is 0.0512. The van der Waals surface area contributed by atoms with E-state index in [1.165, 1.54) is 18.6 Å². The summed E-state index contributed by atoms with van der Waals surface area (Å²) in [6.07, 6.45) is 1.25. The average molecular weight is 740 g/mol. The molecular formula is C41H50FN7O5. The number of nitrogens with one attached hydrogen (secondary N) is 5. The first-order valence-corrected chi connectivity index (χ1v) is 17.7. The normalized spacial score (nSPS) is 11.1. The molecule has 0 heterocycles. The molecule has 6 N–H and O–H groups in total. The lowest BCUT2D eigenvalue weighted by Crippen LogP contribution is -2.33. The van der Waals surface area contributed by atoms with E-state index in [1.54, 1.807) is 79.7 Å². The van der Waals surface area contributed by atoms with Crippen LogP contribution in [0.3, 0.4) is 0 Å². The van der Waals surface area contributed by atoms with E-state index in [4.69, 9.17) is 9.47 Å². The summed E-state index contributed by atoms with van der Waals surface area (Å²) in [5, 5.41) is 24.7. The summed E-state index contributed by atoms with van der Waals surface area (Å²) in [6.45, 7) is 12.5. The van der Waals surface area contributed by atoms with Crippen molar-refractivity contribution < 1.29 is 28.6 Å². The molecule has 0 fully saturated rings. The van der Waals surface area contributed by atoms with Crippen LogP contribution in [0.5, 0.6) is 5.75 Å². The molecule has 12 nitrogen and oxygen atoms in total. The molecule has 0 unspecified atom stereocenters. The Labute approximate surface area is 316 Å². The van der Waals surface area contributed by atoms with Gasteiger partial charge in [0, 0.05) is 35.6 Å². The number of carbonyl (C=O) groups is 2. The van der Waals surface area contributed by atoms with Crippen molar-refractivity contribution >= 4 is 35.0 Å². The van der Waals surface area contributed by atoms with Gasteiger partial charge in [-0.05, 0) is 85.3 Å². The molecule has 286 valence electrons. The smallest absolute Gasteiger partial charge is 0.251 e. The summed E-state index contributed by atoms with van der Waals surface area (Å²) in [5.41, 5.74) is 3.04. The maximum atomic E-state index is 13.4. The van der Waals surface area contributed by atoms with Crippen LogP contribution in [-0.2, 0) is 16.0 Å². The SMILES string of the molecule is C=C(NC(=NC(C)=NCCOCCOCCNC(=O)c1ccccc1)Nc1ccc(O)cc1)Nc1ccc(C(=O)NCc2cccc(F)c2)cc1.CCC. The zero-order valence-electron chi connectivity index (χ0n) is 31.0. The van der Waals surface area contributed by atoms with Crippen LogP contribution >= 0.6 is 0 Å². The van der Waals surface area contributed by atoms with Crippen LogP contribution in [0.4, 0.5) is 15.8 Å². The highest BCUT2D eigenvalue weighted by Gasteiger charge is 2.08. The van der Waals surface area contributed by atoms with E-state index >= 15 is 0 Å². The minimum Gasteiger partial charge on any atom is -0.508 e. The second kappa shape index (κ2) is 24.2. The van der Waals surface area contributed by atoms with Crippen molar-refractivity contribution in [2.45, 2.75) is 33.7 Å². The summed E-state index contributed by atoms with van der Waals surface area (Å²) in [6, 6.07) is 28.3. The Bertz CT molecular complexity index is 1800. The van der Waals surface area contributed by atoms with E-state index in [1.807, 2.05) is 18.2 Å². The summed E-state index contributed by atoms with van der Waals surface area (Å²) in [5.74, 6) is 0.522. The molecule has 0 saturated heterocycles. The van der Waals surface area contributed by atoms with E-state index in [9.17, 15) is 19.1 Å². The monoisotopic (exact) mass is 739 g/mol. The summed E-state index contributed by atoms with van der Waals surface area (Å²) in [7, 11) is 0. The highest BCUT2D eigenvalue weighted by molar-refractivity contribution is 6.02. The molecule has 13 heteroatoms. The third kappa shape index (κ3) is 17.0. The lowest BCUT2D eigenvalue weighted by Gasteiger charge is -2.16. The fourth-order valence-corrected chi connectivity index (χ4v) is 4.47. The number of rotatable bonds is 17. The molecule has 4 aromatic rings. The Balaban J connectivity index is 0.00000253. The number of carbonyl (C=O) groups excluding carboxylic acids is 2. The topological polar surface area (TPSA) is 158 Å². The quantitative estimate of drug-likeness (QED) is 0.0302. The fourth-order valence-electron chi connectivity index (χ4n) is 4.47. The number of phenolic OH excluding ortho intramolecular Hbond substituents is 1. The van der Waals surface area contributed by atoms with Crippen molar-refractivity contribution in [1.29, 1.82) is 0 Å². The number of hydrogen-bond donors (Lipinski definition) is 6. The minimum absolute atomic E-state index is 0.127. The van der Waals surface area contributed by atoms with Gasteiger partial charge in [0.1, 0.15) is 23.2 Å². The van der Waals surface area contributed by atoms with Crippen LogP contribution < -0.4 is 26.6 Å². The number of guanidine groups is 1. The zero-order valence-corrected chi connectivity index (χ0v) is 31.0. The van der Waals surface area contributed by atoms with Gasteiger partial charge in [-0.25, -0.2) is 9.38 Å². The lowest BCUT2D eigenvalue weighted by atomic mass is 10.1. The number of amides is 2. The van der Waals surface area contributed by atoms with Crippen molar-refractivity contribution in [3.8, 4) is 5.75 Å². The van der Waals surface area contributed by atoms with Gasteiger partial charge in [0.2, 0.25) is 5.96 Å². The Morgan fingerprint density at radius 1 is 0.759 bits per heavy atom. The second-order valence-corrected chi connectivity index (χ2v) is 11.7. The first kappa shape index (κ1) is 42.4.